The number of hydrogen-bond acceptors (Lipinski definition) is 4. The lowest BCUT2D eigenvalue weighted by Gasteiger charge is -2.15. The summed E-state index contributed by atoms with van der Waals surface area (Å²) in [6.45, 7) is 4.64. The number of hydrogen-bond donors (Lipinski definition) is 2. The number of aromatic nitrogens is 1. The number of nitrogens with zero attached hydrogens (tertiary/aromatic N) is 1. The summed E-state index contributed by atoms with van der Waals surface area (Å²) in [6.07, 6.45) is -3.09. The summed E-state index contributed by atoms with van der Waals surface area (Å²) in [6, 6.07) is 4.48. The number of pyridine rings is 1. The summed E-state index contributed by atoms with van der Waals surface area (Å²) >= 11 is 1.67. The molecule has 0 aliphatic heterocycles. The van der Waals surface area contributed by atoms with Gasteiger partial charge in [0.1, 0.15) is 0 Å². The van der Waals surface area contributed by atoms with Crippen LogP contribution in [0.25, 0.3) is 0 Å². The van der Waals surface area contributed by atoms with Crippen LogP contribution in [0.1, 0.15) is 33.8 Å². The molecule has 26 heavy (non-hydrogen) atoms. The van der Waals surface area contributed by atoms with Gasteiger partial charge in [0, 0.05) is 28.6 Å². The first-order valence-electron chi connectivity index (χ1n) is 7.90. The summed E-state index contributed by atoms with van der Waals surface area (Å²) in [4.78, 5) is 18.1. The standard InChI is InChI=1S/C17H20F3N3O2S/c1-10-6-14(12(3)26-10)11(2)23-16(24)22-8-13-4-5-21-15(7-13)25-9-17(18,19)20/h4-7,11H,8-9H2,1-3H3,(H2,22,23,24). The van der Waals surface area contributed by atoms with Gasteiger partial charge in [-0.2, -0.15) is 13.2 Å². The first-order valence-corrected chi connectivity index (χ1v) is 8.71. The minimum Gasteiger partial charge on any atom is -0.468 e. The third-order valence-corrected chi connectivity index (χ3v) is 4.51. The van der Waals surface area contributed by atoms with Crippen molar-refractivity contribution in [3.05, 3.63) is 45.3 Å². The minimum atomic E-state index is -4.43. The SMILES string of the molecule is Cc1cc(C(C)NC(=O)NCc2ccnc(OCC(F)(F)F)c2)c(C)s1. The Morgan fingerprint density at radius 2 is 2.08 bits per heavy atom. The molecule has 2 heterocycles. The summed E-state index contributed by atoms with van der Waals surface area (Å²) in [5, 5.41) is 5.51. The Labute approximate surface area is 153 Å². The first-order chi connectivity index (χ1) is 12.1. The molecule has 2 aromatic heterocycles. The molecule has 0 saturated carbocycles. The molecule has 0 spiro atoms. The van der Waals surface area contributed by atoms with Crippen molar-refractivity contribution in [3.8, 4) is 5.88 Å². The maximum atomic E-state index is 12.2. The van der Waals surface area contributed by atoms with Gasteiger partial charge in [0.15, 0.2) is 6.61 Å². The van der Waals surface area contributed by atoms with E-state index in [2.05, 4.69) is 20.4 Å². The minimum absolute atomic E-state index is 0.139. The van der Waals surface area contributed by atoms with Crippen LogP contribution in [0, 0.1) is 13.8 Å². The van der Waals surface area contributed by atoms with Crippen LogP contribution in [0.3, 0.4) is 0 Å². The molecule has 0 aliphatic carbocycles. The zero-order chi connectivity index (χ0) is 19.3. The first kappa shape index (κ1) is 20.0. The van der Waals surface area contributed by atoms with Crippen LogP contribution in [-0.2, 0) is 6.54 Å². The van der Waals surface area contributed by atoms with E-state index in [-0.39, 0.29) is 24.5 Å². The Morgan fingerprint density at radius 3 is 2.69 bits per heavy atom. The number of amides is 2. The second kappa shape index (κ2) is 8.39. The molecule has 0 bridgehead atoms. The zero-order valence-corrected chi connectivity index (χ0v) is 15.4. The number of rotatable bonds is 6. The summed E-state index contributed by atoms with van der Waals surface area (Å²) in [7, 11) is 0. The van der Waals surface area contributed by atoms with Gasteiger partial charge in [-0.3, -0.25) is 0 Å². The predicted octanol–water partition coefficient (Wildman–Crippen LogP) is 4.26. The molecule has 2 N–H and O–H groups in total. The highest BCUT2D eigenvalue weighted by Gasteiger charge is 2.28. The molecule has 2 aromatic rings. The fourth-order valence-corrected chi connectivity index (χ4v) is 3.41. The van der Waals surface area contributed by atoms with E-state index in [0.717, 1.165) is 10.4 Å². The van der Waals surface area contributed by atoms with Crippen molar-refractivity contribution in [3.63, 3.8) is 0 Å². The van der Waals surface area contributed by atoms with Gasteiger partial charge in [0.05, 0.1) is 6.04 Å². The number of carbonyl (C=O) groups excluding carboxylic acids is 1. The van der Waals surface area contributed by atoms with Crippen molar-refractivity contribution in [2.24, 2.45) is 0 Å². The number of aryl methyl sites for hydroxylation is 2. The van der Waals surface area contributed by atoms with Crippen LogP contribution in [0.2, 0.25) is 0 Å². The second-order valence-corrected chi connectivity index (χ2v) is 7.28. The predicted molar refractivity (Wildman–Crippen MR) is 93.4 cm³/mol. The Morgan fingerprint density at radius 1 is 1.35 bits per heavy atom. The maximum absolute atomic E-state index is 12.2. The molecule has 0 radical (unpaired) electrons. The molecule has 0 aromatic carbocycles. The Kier molecular flexibility index (Phi) is 6.47. The van der Waals surface area contributed by atoms with Gasteiger partial charge in [-0.25, -0.2) is 9.78 Å². The van der Waals surface area contributed by atoms with Gasteiger partial charge >= 0.3 is 12.2 Å². The van der Waals surface area contributed by atoms with Gasteiger partial charge in [-0.1, -0.05) is 0 Å². The van der Waals surface area contributed by atoms with E-state index in [4.69, 9.17) is 0 Å². The third kappa shape index (κ3) is 6.21. The lowest BCUT2D eigenvalue weighted by atomic mass is 10.1. The van der Waals surface area contributed by atoms with E-state index < -0.39 is 12.8 Å². The Hall–Kier alpha value is -2.29. The van der Waals surface area contributed by atoms with Crippen molar-refractivity contribution in [2.45, 2.75) is 39.5 Å². The van der Waals surface area contributed by atoms with E-state index in [1.165, 1.54) is 17.1 Å². The van der Waals surface area contributed by atoms with Crippen molar-refractivity contribution in [2.75, 3.05) is 6.61 Å². The molecular weight excluding hydrogens is 367 g/mol. The van der Waals surface area contributed by atoms with Crippen molar-refractivity contribution >= 4 is 17.4 Å². The van der Waals surface area contributed by atoms with Crippen LogP contribution in [0.15, 0.2) is 24.4 Å². The molecule has 1 atom stereocenters. The number of alkyl halides is 3. The number of halogens is 3. The van der Waals surface area contributed by atoms with Crippen molar-refractivity contribution in [1.82, 2.24) is 15.6 Å². The maximum Gasteiger partial charge on any atom is 0.422 e. The highest BCUT2D eigenvalue weighted by atomic mass is 32.1. The molecule has 9 heteroatoms. The van der Waals surface area contributed by atoms with Crippen LogP contribution in [0.5, 0.6) is 5.88 Å². The van der Waals surface area contributed by atoms with E-state index in [1.807, 2.05) is 26.8 Å². The van der Waals surface area contributed by atoms with Crippen LogP contribution in [-0.4, -0.2) is 23.8 Å². The van der Waals surface area contributed by atoms with Crippen LogP contribution < -0.4 is 15.4 Å². The molecular formula is C17H20F3N3O2S. The second-order valence-electron chi connectivity index (χ2n) is 5.82. The monoisotopic (exact) mass is 387 g/mol. The summed E-state index contributed by atoms with van der Waals surface area (Å²) in [5.74, 6) is -0.139. The molecule has 5 nitrogen and oxygen atoms in total. The van der Waals surface area contributed by atoms with Gasteiger partial charge < -0.3 is 15.4 Å². The molecule has 0 fully saturated rings. The molecule has 2 rings (SSSR count). The number of carbonyl (C=O) groups is 1. The van der Waals surface area contributed by atoms with Crippen LogP contribution >= 0.6 is 11.3 Å². The lowest BCUT2D eigenvalue weighted by molar-refractivity contribution is -0.154. The van der Waals surface area contributed by atoms with E-state index in [9.17, 15) is 18.0 Å². The molecule has 0 aliphatic rings. The quantitative estimate of drug-likeness (QED) is 0.778. The molecule has 2 amide bonds. The highest BCUT2D eigenvalue weighted by Crippen LogP contribution is 2.26. The Bertz CT molecular complexity index is 762. The number of nitrogens with one attached hydrogen (secondary N) is 2. The number of thiophene rings is 1. The van der Waals surface area contributed by atoms with Gasteiger partial charge in [-0.15, -0.1) is 11.3 Å². The van der Waals surface area contributed by atoms with Crippen LogP contribution in [0.4, 0.5) is 18.0 Å². The summed E-state index contributed by atoms with van der Waals surface area (Å²) in [5.41, 5.74) is 1.65. The van der Waals surface area contributed by atoms with E-state index >= 15 is 0 Å². The Balaban J connectivity index is 1.86. The zero-order valence-electron chi connectivity index (χ0n) is 14.6. The largest absolute Gasteiger partial charge is 0.468 e. The summed E-state index contributed by atoms with van der Waals surface area (Å²) < 4.78 is 41.1. The van der Waals surface area contributed by atoms with Crippen molar-refractivity contribution < 1.29 is 22.7 Å². The molecule has 142 valence electrons. The fraction of sp³-hybridized carbons (Fsp3) is 0.412. The average Bonchev–Trinajstić information content (AvgIpc) is 2.89. The highest BCUT2D eigenvalue weighted by molar-refractivity contribution is 7.12. The number of urea groups is 1. The topological polar surface area (TPSA) is 63.2 Å². The van der Waals surface area contributed by atoms with Crippen molar-refractivity contribution in [1.29, 1.82) is 0 Å². The van der Waals surface area contributed by atoms with Gasteiger partial charge in [0.2, 0.25) is 5.88 Å². The van der Waals surface area contributed by atoms with E-state index in [1.54, 1.807) is 17.4 Å². The smallest absolute Gasteiger partial charge is 0.422 e. The third-order valence-electron chi connectivity index (χ3n) is 3.53. The number of ether oxygens (including phenoxy) is 1. The average molecular weight is 387 g/mol. The van der Waals surface area contributed by atoms with Gasteiger partial charge in [0.25, 0.3) is 0 Å². The lowest BCUT2D eigenvalue weighted by Crippen LogP contribution is -2.36. The van der Waals surface area contributed by atoms with Gasteiger partial charge in [-0.05, 0) is 44.0 Å². The molecule has 1 unspecified atom stereocenters. The fourth-order valence-electron chi connectivity index (χ4n) is 2.38. The molecule has 0 saturated heterocycles. The normalized spacial score (nSPS) is 12.5. The van der Waals surface area contributed by atoms with E-state index in [0.29, 0.717) is 5.56 Å².